The number of thiophene rings is 1. The minimum Gasteiger partial charge on any atom is -0.326 e. The summed E-state index contributed by atoms with van der Waals surface area (Å²) in [6.45, 7) is 3.22. The summed E-state index contributed by atoms with van der Waals surface area (Å²) >= 11 is 7.72. The minimum absolute atomic E-state index is 0.00218. The highest BCUT2D eigenvalue weighted by Gasteiger charge is 2.11. The first-order valence-corrected chi connectivity index (χ1v) is 7.75. The molecule has 1 amide bonds. The van der Waals surface area contributed by atoms with Crippen LogP contribution in [-0.4, -0.2) is 19.5 Å². The van der Waals surface area contributed by atoms with Crippen LogP contribution in [0, 0.1) is 6.92 Å². The van der Waals surface area contributed by atoms with Gasteiger partial charge in [-0.25, -0.2) is 0 Å². The molecule has 0 fully saturated rings. The number of quaternary nitrogens is 1. The lowest BCUT2D eigenvalue weighted by atomic mass is 10.2. The molecule has 1 aromatic heterocycles. The largest absolute Gasteiger partial charge is 0.326 e. The molecule has 0 saturated carbocycles. The van der Waals surface area contributed by atoms with E-state index >= 15 is 0 Å². The molecule has 1 aromatic carbocycles. The molecule has 2 rings (SSSR count). The van der Waals surface area contributed by atoms with E-state index in [0.717, 1.165) is 22.7 Å². The number of anilines is 1. The third kappa shape index (κ3) is 4.34. The monoisotopic (exact) mass is 309 g/mol. The Kier molecular flexibility index (Phi) is 5.17. The van der Waals surface area contributed by atoms with Crippen LogP contribution in [0.3, 0.4) is 0 Å². The van der Waals surface area contributed by atoms with Gasteiger partial charge in [-0.15, -0.1) is 0 Å². The molecule has 2 N–H and O–H groups in total. The Morgan fingerprint density at radius 2 is 2.20 bits per heavy atom. The Bertz CT molecular complexity index is 584. The molecular formula is C15H18ClN2OS+. The van der Waals surface area contributed by atoms with E-state index in [0.29, 0.717) is 11.6 Å². The number of nitrogens with one attached hydrogen (secondary N) is 2. The first-order chi connectivity index (χ1) is 9.54. The lowest BCUT2D eigenvalue weighted by Crippen LogP contribution is -3.08. The van der Waals surface area contributed by atoms with Gasteiger partial charge in [-0.3, -0.25) is 4.79 Å². The van der Waals surface area contributed by atoms with Gasteiger partial charge in [0.25, 0.3) is 5.91 Å². The van der Waals surface area contributed by atoms with Crippen LogP contribution < -0.4 is 10.2 Å². The molecule has 0 aliphatic rings. The molecule has 0 bridgehead atoms. The number of rotatable bonds is 5. The van der Waals surface area contributed by atoms with Crippen molar-refractivity contribution in [3.8, 4) is 0 Å². The minimum atomic E-state index is -0.00218. The van der Waals surface area contributed by atoms with Crippen LogP contribution >= 0.6 is 22.9 Å². The lowest BCUT2D eigenvalue weighted by Gasteiger charge is -2.13. The highest BCUT2D eigenvalue weighted by molar-refractivity contribution is 7.07. The molecule has 3 nitrogen and oxygen atoms in total. The Morgan fingerprint density at radius 3 is 2.85 bits per heavy atom. The van der Waals surface area contributed by atoms with Gasteiger partial charge in [0, 0.05) is 16.3 Å². The van der Waals surface area contributed by atoms with E-state index in [9.17, 15) is 4.79 Å². The summed E-state index contributed by atoms with van der Waals surface area (Å²) in [4.78, 5) is 13.1. The fourth-order valence-electron chi connectivity index (χ4n) is 1.95. The average molecular weight is 310 g/mol. The number of hydrogen-bond donors (Lipinski definition) is 2. The maximum absolute atomic E-state index is 12.0. The highest BCUT2D eigenvalue weighted by Crippen LogP contribution is 2.19. The molecule has 1 heterocycles. The molecule has 5 heteroatoms. The fraction of sp³-hybridized carbons (Fsp3) is 0.267. The van der Waals surface area contributed by atoms with E-state index in [1.54, 1.807) is 17.4 Å². The average Bonchev–Trinajstić information content (AvgIpc) is 2.86. The maximum Gasteiger partial charge on any atom is 0.279 e. The Hall–Kier alpha value is -1.36. The Balaban J connectivity index is 1.87. The maximum atomic E-state index is 12.0. The van der Waals surface area contributed by atoms with Crippen LogP contribution in [0.1, 0.15) is 11.1 Å². The Morgan fingerprint density at radius 1 is 1.40 bits per heavy atom. The molecule has 20 heavy (non-hydrogen) atoms. The first kappa shape index (κ1) is 15.0. The van der Waals surface area contributed by atoms with Gasteiger partial charge in [-0.05, 0) is 41.4 Å². The number of halogens is 1. The summed E-state index contributed by atoms with van der Waals surface area (Å²) in [7, 11) is 2.01. The second-order valence-electron chi connectivity index (χ2n) is 4.95. The number of benzene rings is 1. The second-order valence-corrected chi connectivity index (χ2v) is 6.14. The second kappa shape index (κ2) is 6.88. The van der Waals surface area contributed by atoms with E-state index < -0.39 is 0 Å². The van der Waals surface area contributed by atoms with Gasteiger partial charge in [0.05, 0.1) is 7.05 Å². The predicted molar refractivity (Wildman–Crippen MR) is 84.6 cm³/mol. The van der Waals surface area contributed by atoms with E-state index in [2.05, 4.69) is 22.1 Å². The van der Waals surface area contributed by atoms with Gasteiger partial charge in [0.2, 0.25) is 0 Å². The summed E-state index contributed by atoms with van der Waals surface area (Å²) in [5, 5.41) is 7.71. The zero-order valence-corrected chi connectivity index (χ0v) is 13.1. The summed E-state index contributed by atoms with van der Waals surface area (Å²) in [5.41, 5.74) is 3.01. The van der Waals surface area contributed by atoms with Crippen LogP contribution in [0.4, 0.5) is 5.69 Å². The molecule has 0 aliphatic heterocycles. The van der Waals surface area contributed by atoms with Crippen molar-refractivity contribution in [2.24, 2.45) is 0 Å². The van der Waals surface area contributed by atoms with E-state index in [-0.39, 0.29) is 5.91 Å². The smallest absolute Gasteiger partial charge is 0.279 e. The molecule has 106 valence electrons. The van der Waals surface area contributed by atoms with E-state index in [4.69, 9.17) is 11.6 Å². The normalized spacial score (nSPS) is 12.2. The van der Waals surface area contributed by atoms with Crippen LogP contribution in [0.15, 0.2) is 35.0 Å². The van der Waals surface area contributed by atoms with Crippen LogP contribution in [-0.2, 0) is 11.3 Å². The van der Waals surface area contributed by atoms with Crippen molar-refractivity contribution in [1.82, 2.24) is 0 Å². The third-order valence-corrected chi connectivity index (χ3v) is 4.14. The number of aryl methyl sites for hydroxylation is 1. The molecule has 1 unspecified atom stereocenters. The van der Waals surface area contributed by atoms with Crippen molar-refractivity contribution in [2.75, 3.05) is 18.9 Å². The van der Waals surface area contributed by atoms with E-state index in [1.165, 1.54) is 5.56 Å². The van der Waals surface area contributed by atoms with Crippen molar-refractivity contribution >= 4 is 34.5 Å². The summed E-state index contributed by atoms with van der Waals surface area (Å²) < 4.78 is 0. The first-order valence-electron chi connectivity index (χ1n) is 6.43. The fourth-order valence-corrected chi connectivity index (χ4v) is 2.80. The van der Waals surface area contributed by atoms with Gasteiger partial charge in [-0.2, -0.15) is 11.3 Å². The van der Waals surface area contributed by atoms with Gasteiger partial charge >= 0.3 is 0 Å². The van der Waals surface area contributed by atoms with Crippen LogP contribution in [0.2, 0.25) is 5.02 Å². The van der Waals surface area contributed by atoms with Gasteiger partial charge in [0.1, 0.15) is 6.54 Å². The number of carbonyl (C=O) groups is 1. The Labute approximate surface area is 128 Å². The van der Waals surface area contributed by atoms with Crippen LogP contribution in [0.25, 0.3) is 0 Å². The standard InChI is InChI=1S/C15H17ClN2OS/c1-11-3-4-13(7-14(11)16)17-15(19)9-18(2)8-12-5-6-20-10-12/h3-7,10H,8-9H2,1-2H3,(H,17,19)/p+1. The van der Waals surface area contributed by atoms with Gasteiger partial charge in [0.15, 0.2) is 6.54 Å². The molecule has 0 saturated heterocycles. The third-order valence-electron chi connectivity index (χ3n) is 3.00. The van der Waals surface area contributed by atoms with Crippen molar-refractivity contribution in [2.45, 2.75) is 13.5 Å². The molecule has 0 spiro atoms. The highest BCUT2D eigenvalue weighted by atomic mass is 35.5. The molecular weight excluding hydrogens is 292 g/mol. The molecule has 1 atom stereocenters. The number of hydrogen-bond acceptors (Lipinski definition) is 2. The number of likely N-dealkylation sites (N-methyl/N-ethyl adjacent to an activating group) is 1. The molecule has 2 aromatic rings. The molecule has 0 radical (unpaired) electrons. The zero-order chi connectivity index (χ0) is 14.5. The van der Waals surface area contributed by atoms with Gasteiger partial charge < -0.3 is 10.2 Å². The summed E-state index contributed by atoms with van der Waals surface area (Å²) in [6.07, 6.45) is 0. The van der Waals surface area contributed by atoms with Crippen molar-refractivity contribution in [3.05, 3.63) is 51.2 Å². The lowest BCUT2D eigenvalue weighted by molar-refractivity contribution is -0.885. The van der Waals surface area contributed by atoms with Crippen molar-refractivity contribution in [1.29, 1.82) is 0 Å². The summed E-state index contributed by atoms with van der Waals surface area (Å²) in [6, 6.07) is 7.64. The SMILES string of the molecule is Cc1ccc(NC(=O)C[NH+](C)Cc2ccsc2)cc1Cl. The quantitative estimate of drug-likeness (QED) is 0.873. The van der Waals surface area contributed by atoms with E-state index in [1.807, 2.05) is 26.1 Å². The number of amides is 1. The molecule has 0 aliphatic carbocycles. The van der Waals surface area contributed by atoms with Crippen molar-refractivity contribution in [3.63, 3.8) is 0 Å². The zero-order valence-electron chi connectivity index (χ0n) is 11.6. The number of carbonyl (C=O) groups excluding carboxylic acids is 1. The van der Waals surface area contributed by atoms with Gasteiger partial charge in [-0.1, -0.05) is 17.7 Å². The summed E-state index contributed by atoms with van der Waals surface area (Å²) in [5.74, 6) is -0.00218. The topological polar surface area (TPSA) is 33.5 Å². The van der Waals surface area contributed by atoms with Crippen LogP contribution in [0.5, 0.6) is 0 Å². The predicted octanol–water partition coefficient (Wildman–Crippen LogP) is 2.36. The van der Waals surface area contributed by atoms with Crippen molar-refractivity contribution < 1.29 is 9.69 Å².